The van der Waals surface area contributed by atoms with Crippen molar-refractivity contribution < 1.29 is 0 Å². The lowest BCUT2D eigenvalue weighted by atomic mass is 10.0. The first-order valence-electron chi connectivity index (χ1n) is 4.80. The maximum Gasteiger partial charge on any atom is 0.0679 e. The summed E-state index contributed by atoms with van der Waals surface area (Å²) in [5, 5.41) is 3.36. The summed E-state index contributed by atoms with van der Waals surface area (Å²) < 4.78 is 0. The van der Waals surface area contributed by atoms with Gasteiger partial charge in [-0.2, -0.15) is 0 Å². The summed E-state index contributed by atoms with van der Waals surface area (Å²) in [6.45, 7) is 3.09. The molecule has 0 aromatic carbocycles. The normalized spacial score (nSPS) is 13.9. The minimum absolute atomic E-state index is 0.972. The Morgan fingerprint density at radius 2 is 2.46 bits per heavy atom. The molecule has 2 nitrogen and oxygen atoms in total. The predicted molar refractivity (Wildman–Crippen MR) is 55.8 cm³/mol. The van der Waals surface area contributed by atoms with Crippen molar-refractivity contribution in [3.63, 3.8) is 0 Å². The second-order valence-corrected chi connectivity index (χ2v) is 3.19. The Bertz CT molecular complexity index is 329. The van der Waals surface area contributed by atoms with E-state index in [0.717, 1.165) is 25.1 Å². The van der Waals surface area contributed by atoms with Gasteiger partial charge in [0.25, 0.3) is 0 Å². The molecule has 1 N–H and O–H groups in total. The Balaban J connectivity index is 2.41. The van der Waals surface area contributed by atoms with Crippen molar-refractivity contribution in [2.75, 3.05) is 11.9 Å². The zero-order valence-corrected chi connectivity index (χ0v) is 7.88. The largest absolute Gasteiger partial charge is 0.385 e. The van der Waals surface area contributed by atoms with E-state index in [1.807, 2.05) is 6.20 Å². The molecule has 2 heteroatoms. The molecule has 0 saturated carbocycles. The van der Waals surface area contributed by atoms with Gasteiger partial charge in [-0.3, -0.25) is 4.98 Å². The van der Waals surface area contributed by atoms with Gasteiger partial charge >= 0.3 is 0 Å². The molecule has 1 aromatic rings. The number of anilines is 1. The van der Waals surface area contributed by atoms with E-state index in [4.69, 9.17) is 0 Å². The molecule has 0 amide bonds. The maximum absolute atomic E-state index is 4.34. The average molecular weight is 174 g/mol. The summed E-state index contributed by atoms with van der Waals surface area (Å²) in [6.07, 6.45) is 8.41. The number of pyridine rings is 1. The second-order valence-electron chi connectivity index (χ2n) is 3.19. The van der Waals surface area contributed by atoms with Crippen LogP contribution < -0.4 is 5.32 Å². The van der Waals surface area contributed by atoms with E-state index in [1.54, 1.807) is 0 Å². The molecule has 13 heavy (non-hydrogen) atoms. The van der Waals surface area contributed by atoms with Gasteiger partial charge in [0.1, 0.15) is 0 Å². The van der Waals surface area contributed by atoms with Crippen LogP contribution >= 0.6 is 0 Å². The number of nitrogens with zero attached hydrogens (tertiary/aromatic N) is 1. The van der Waals surface area contributed by atoms with Crippen LogP contribution in [0.4, 0.5) is 5.69 Å². The number of rotatable bonds is 2. The molecule has 0 fully saturated rings. The molecule has 0 spiro atoms. The lowest BCUT2D eigenvalue weighted by molar-refractivity contribution is 0.961. The van der Waals surface area contributed by atoms with Crippen molar-refractivity contribution in [1.82, 2.24) is 4.98 Å². The third-order valence-corrected chi connectivity index (χ3v) is 2.29. The molecule has 1 heterocycles. The standard InChI is InChI=1S/C11H14N2/c1-2-12-11-7-8-13-10-6-4-3-5-9(10)11/h4,6-8H,2-3,5H2,1H3,(H,12,13). The van der Waals surface area contributed by atoms with Crippen molar-refractivity contribution >= 4 is 11.8 Å². The van der Waals surface area contributed by atoms with E-state index >= 15 is 0 Å². The Labute approximate surface area is 78.7 Å². The molecule has 0 saturated heterocycles. The highest BCUT2D eigenvalue weighted by atomic mass is 14.9. The summed E-state index contributed by atoms with van der Waals surface area (Å²) >= 11 is 0. The number of fused-ring (bicyclic) bond motifs is 1. The van der Waals surface area contributed by atoms with Crippen LogP contribution in [0.15, 0.2) is 18.3 Å². The fraction of sp³-hybridized carbons (Fsp3) is 0.364. The van der Waals surface area contributed by atoms with Gasteiger partial charge in [0.15, 0.2) is 0 Å². The van der Waals surface area contributed by atoms with E-state index in [2.05, 4.69) is 35.4 Å². The monoisotopic (exact) mass is 174 g/mol. The zero-order valence-electron chi connectivity index (χ0n) is 7.88. The second kappa shape index (κ2) is 3.60. The van der Waals surface area contributed by atoms with Crippen molar-refractivity contribution in [3.8, 4) is 0 Å². The van der Waals surface area contributed by atoms with Gasteiger partial charge in [0.05, 0.1) is 5.69 Å². The van der Waals surface area contributed by atoms with Crippen molar-refractivity contribution in [1.29, 1.82) is 0 Å². The van der Waals surface area contributed by atoms with Crippen LogP contribution in [0.25, 0.3) is 6.08 Å². The molecule has 68 valence electrons. The minimum atomic E-state index is 0.972. The van der Waals surface area contributed by atoms with Crippen LogP contribution in [-0.2, 0) is 6.42 Å². The lowest BCUT2D eigenvalue weighted by Gasteiger charge is -2.14. The molecule has 0 unspecified atom stereocenters. The van der Waals surface area contributed by atoms with Gasteiger partial charge in [-0.05, 0) is 31.9 Å². The first kappa shape index (κ1) is 8.30. The molecule has 1 aromatic heterocycles. The van der Waals surface area contributed by atoms with Crippen LogP contribution in [0.3, 0.4) is 0 Å². The highest BCUT2D eigenvalue weighted by Crippen LogP contribution is 2.24. The maximum atomic E-state index is 4.34. The first-order valence-corrected chi connectivity index (χ1v) is 4.80. The Kier molecular flexibility index (Phi) is 2.30. The number of hydrogen-bond acceptors (Lipinski definition) is 2. The molecule has 1 aliphatic rings. The fourth-order valence-corrected chi connectivity index (χ4v) is 1.69. The number of aromatic nitrogens is 1. The summed E-state index contributed by atoms with van der Waals surface area (Å²) in [5.74, 6) is 0. The Morgan fingerprint density at radius 1 is 1.54 bits per heavy atom. The third kappa shape index (κ3) is 1.57. The molecular weight excluding hydrogens is 160 g/mol. The van der Waals surface area contributed by atoms with Crippen LogP contribution in [0.2, 0.25) is 0 Å². The van der Waals surface area contributed by atoms with Crippen LogP contribution in [0, 0.1) is 0 Å². The Hall–Kier alpha value is -1.31. The van der Waals surface area contributed by atoms with E-state index < -0.39 is 0 Å². The number of hydrogen-bond donors (Lipinski definition) is 1. The number of nitrogens with one attached hydrogen (secondary N) is 1. The summed E-state index contributed by atoms with van der Waals surface area (Å²) in [5.41, 5.74) is 3.74. The number of allylic oxidation sites excluding steroid dienone is 1. The smallest absolute Gasteiger partial charge is 0.0679 e. The quantitative estimate of drug-likeness (QED) is 0.745. The predicted octanol–water partition coefficient (Wildman–Crippen LogP) is 2.47. The van der Waals surface area contributed by atoms with Gasteiger partial charge in [0, 0.05) is 24.0 Å². The highest BCUT2D eigenvalue weighted by molar-refractivity contribution is 5.63. The minimum Gasteiger partial charge on any atom is -0.385 e. The zero-order chi connectivity index (χ0) is 9.10. The summed E-state index contributed by atoms with van der Waals surface area (Å²) in [7, 11) is 0. The van der Waals surface area contributed by atoms with Crippen LogP contribution in [0.1, 0.15) is 24.6 Å². The third-order valence-electron chi connectivity index (χ3n) is 2.29. The highest BCUT2D eigenvalue weighted by Gasteiger charge is 2.09. The topological polar surface area (TPSA) is 24.9 Å². The summed E-state index contributed by atoms with van der Waals surface area (Å²) in [4.78, 5) is 4.34. The van der Waals surface area contributed by atoms with Crippen LogP contribution in [-0.4, -0.2) is 11.5 Å². The van der Waals surface area contributed by atoms with E-state index in [9.17, 15) is 0 Å². The van der Waals surface area contributed by atoms with Crippen molar-refractivity contribution in [2.24, 2.45) is 0 Å². The van der Waals surface area contributed by atoms with Gasteiger partial charge in [-0.1, -0.05) is 6.08 Å². The fourth-order valence-electron chi connectivity index (χ4n) is 1.69. The SMILES string of the molecule is CCNc1ccnc2c1CCC=C2. The average Bonchev–Trinajstić information content (AvgIpc) is 2.19. The Morgan fingerprint density at radius 3 is 3.31 bits per heavy atom. The van der Waals surface area contributed by atoms with E-state index in [1.165, 1.54) is 11.3 Å². The van der Waals surface area contributed by atoms with Gasteiger partial charge in [0.2, 0.25) is 0 Å². The first-order chi connectivity index (χ1) is 6.42. The van der Waals surface area contributed by atoms with Crippen LogP contribution in [0.5, 0.6) is 0 Å². The molecule has 0 bridgehead atoms. The van der Waals surface area contributed by atoms with Gasteiger partial charge in [-0.25, -0.2) is 0 Å². The molecule has 0 aliphatic heterocycles. The van der Waals surface area contributed by atoms with Crippen molar-refractivity contribution in [3.05, 3.63) is 29.6 Å². The molecule has 0 radical (unpaired) electrons. The van der Waals surface area contributed by atoms with Crippen molar-refractivity contribution in [2.45, 2.75) is 19.8 Å². The molecule has 2 rings (SSSR count). The summed E-state index contributed by atoms with van der Waals surface area (Å²) in [6, 6.07) is 2.06. The molecule has 0 atom stereocenters. The van der Waals surface area contributed by atoms with Gasteiger partial charge in [-0.15, -0.1) is 0 Å². The van der Waals surface area contributed by atoms with E-state index in [-0.39, 0.29) is 0 Å². The lowest BCUT2D eigenvalue weighted by Crippen LogP contribution is -2.05. The molecule has 1 aliphatic carbocycles. The van der Waals surface area contributed by atoms with Gasteiger partial charge < -0.3 is 5.32 Å². The van der Waals surface area contributed by atoms with E-state index in [0.29, 0.717) is 0 Å². The molecular formula is C11H14N2.